The van der Waals surface area contributed by atoms with Gasteiger partial charge in [-0.15, -0.1) is 0 Å². The van der Waals surface area contributed by atoms with Gasteiger partial charge in [0.15, 0.2) is 0 Å². The van der Waals surface area contributed by atoms with E-state index in [4.69, 9.17) is 0 Å². The van der Waals surface area contributed by atoms with Gasteiger partial charge in [-0.25, -0.2) is 4.79 Å². The van der Waals surface area contributed by atoms with Gasteiger partial charge in [-0.1, -0.05) is 0 Å². The van der Waals surface area contributed by atoms with Crippen molar-refractivity contribution in [1.82, 2.24) is 0 Å². The van der Waals surface area contributed by atoms with E-state index >= 15 is 0 Å². The van der Waals surface area contributed by atoms with Gasteiger partial charge in [-0.3, -0.25) is 0 Å². The molecule has 0 radical (unpaired) electrons. The Balaban J connectivity index is 3.63. The van der Waals surface area contributed by atoms with Crippen molar-refractivity contribution in [2.24, 2.45) is 0 Å². The molecule has 2 nitrogen and oxygen atoms in total. The summed E-state index contributed by atoms with van der Waals surface area (Å²) in [6.07, 6.45) is -10.4. The highest BCUT2D eigenvalue weighted by Crippen LogP contribution is 2.43. The number of rotatable bonds is 1. The molecule has 0 bridgehead atoms. The number of halogens is 7. The van der Waals surface area contributed by atoms with E-state index in [2.05, 4.69) is 4.74 Å². The smallest absolute Gasteiger partial charge is 0.418 e. The lowest BCUT2D eigenvalue weighted by Gasteiger charge is -2.18. The van der Waals surface area contributed by atoms with Crippen LogP contribution in [0.15, 0.2) is 12.1 Å². The molecule has 0 N–H and O–H groups in total. The summed E-state index contributed by atoms with van der Waals surface area (Å²) in [6.45, 7) is 0. The van der Waals surface area contributed by atoms with Gasteiger partial charge >= 0.3 is 18.3 Å². The molecular formula is C10H5F6IO2. The first kappa shape index (κ1) is 16.1. The summed E-state index contributed by atoms with van der Waals surface area (Å²) in [7, 11) is 0.917. The van der Waals surface area contributed by atoms with Gasteiger partial charge in [0.2, 0.25) is 0 Å². The largest absolute Gasteiger partial charge is 0.465 e. The van der Waals surface area contributed by atoms with Gasteiger partial charge in [0, 0.05) is 3.57 Å². The zero-order valence-electron chi connectivity index (χ0n) is 9.12. The van der Waals surface area contributed by atoms with E-state index in [1.165, 1.54) is 0 Å². The fourth-order valence-electron chi connectivity index (χ4n) is 1.35. The number of benzene rings is 1. The summed E-state index contributed by atoms with van der Waals surface area (Å²) < 4.78 is 79.3. The molecule has 0 unspecified atom stereocenters. The van der Waals surface area contributed by atoms with Crippen molar-refractivity contribution in [3.63, 3.8) is 0 Å². The zero-order chi connectivity index (χ0) is 15.0. The van der Waals surface area contributed by atoms with Crippen LogP contribution in [-0.2, 0) is 17.1 Å². The van der Waals surface area contributed by atoms with E-state index in [1.54, 1.807) is 0 Å². The number of carbonyl (C=O) groups is 1. The van der Waals surface area contributed by atoms with Gasteiger partial charge in [0.05, 0.1) is 23.8 Å². The second kappa shape index (κ2) is 5.17. The molecule has 0 heterocycles. The highest BCUT2D eigenvalue weighted by atomic mass is 127. The standard InChI is InChI=1S/C10H5F6IO2/c1-19-8(18)4-2-5(9(11,12)13)7(6(17)3-4)10(14,15)16/h2-3H,1H3. The third-order valence-electron chi connectivity index (χ3n) is 2.10. The lowest BCUT2D eigenvalue weighted by molar-refractivity contribution is -0.162. The monoisotopic (exact) mass is 398 g/mol. The van der Waals surface area contributed by atoms with Crippen molar-refractivity contribution in [2.75, 3.05) is 7.11 Å². The maximum absolute atomic E-state index is 12.7. The van der Waals surface area contributed by atoms with Crippen LogP contribution in [0.25, 0.3) is 0 Å². The highest BCUT2D eigenvalue weighted by molar-refractivity contribution is 14.1. The molecule has 0 aromatic heterocycles. The SMILES string of the molecule is COC(=O)c1cc(I)c(C(F)(F)F)c(C(F)(F)F)c1. The van der Waals surface area contributed by atoms with Crippen LogP contribution in [0.2, 0.25) is 0 Å². The predicted octanol–water partition coefficient (Wildman–Crippen LogP) is 4.12. The Morgan fingerprint density at radius 1 is 1.11 bits per heavy atom. The van der Waals surface area contributed by atoms with E-state index in [0.29, 0.717) is 6.07 Å². The second-order valence-electron chi connectivity index (χ2n) is 3.37. The van der Waals surface area contributed by atoms with Crippen LogP contribution in [0.5, 0.6) is 0 Å². The molecule has 106 valence electrons. The van der Waals surface area contributed by atoms with Crippen LogP contribution < -0.4 is 0 Å². The van der Waals surface area contributed by atoms with Gasteiger partial charge in [0.1, 0.15) is 0 Å². The molecule has 0 aliphatic heterocycles. The van der Waals surface area contributed by atoms with Gasteiger partial charge < -0.3 is 4.74 Å². The summed E-state index contributed by atoms with van der Waals surface area (Å²) in [5, 5.41) is 0. The Bertz CT molecular complexity index is 506. The van der Waals surface area contributed by atoms with Crippen LogP contribution in [0.4, 0.5) is 26.3 Å². The number of alkyl halides is 6. The molecule has 1 aromatic carbocycles. The highest BCUT2D eigenvalue weighted by Gasteiger charge is 2.45. The Hall–Kier alpha value is -1.00. The lowest BCUT2D eigenvalue weighted by atomic mass is 10.0. The number of hydrogen-bond donors (Lipinski definition) is 0. The Morgan fingerprint density at radius 2 is 1.63 bits per heavy atom. The number of esters is 1. The normalized spacial score (nSPS) is 12.4. The third kappa shape index (κ3) is 3.51. The van der Waals surface area contributed by atoms with Crippen molar-refractivity contribution >= 4 is 28.6 Å². The minimum Gasteiger partial charge on any atom is -0.465 e. The van der Waals surface area contributed by atoms with E-state index in [0.717, 1.165) is 29.7 Å². The average Bonchev–Trinajstić information content (AvgIpc) is 2.23. The van der Waals surface area contributed by atoms with E-state index in [9.17, 15) is 31.1 Å². The summed E-state index contributed by atoms with van der Waals surface area (Å²) in [5.74, 6) is -1.14. The summed E-state index contributed by atoms with van der Waals surface area (Å²) >= 11 is 1.10. The number of hydrogen-bond acceptors (Lipinski definition) is 2. The van der Waals surface area contributed by atoms with Crippen molar-refractivity contribution in [2.45, 2.75) is 12.4 Å². The van der Waals surface area contributed by atoms with E-state index in [-0.39, 0.29) is 6.07 Å². The molecule has 0 saturated heterocycles. The molecular weight excluding hydrogens is 393 g/mol. The summed E-state index contributed by atoms with van der Waals surface area (Å²) in [4.78, 5) is 11.1. The van der Waals surface area contributed by atoms with Crippen LogP contribution in [0.3, 0.4) is 0 Å². The Kier molecular flexibility index (Phi) is 4.37. The molecule has 1 aromatic rings. The predicted molar refractivity (Wildman–Crippen MR) is 60.5 cm³/mol. The Labute approximate surface area is 116 Å². The lowest BCUT2D eigenvalue weighted by Crippen LogP contribution is -2.20. The maximum Gasteiger partial charge on any atom is 0.418 e. The van der Waals surface area contributed by atoms with Crippen LogP contribution in [0.1, 0.15) is 21.5 Å². The molecule has 0 atom stereocenters. The number of methoxy groups -OCH3 is 1. The fraction of sp³-hybridized carbons (Fsp3) is 0.300. The first-order valence-corrected chi connectivity index (χ1v) is 5.62. The van der Waals surface area contributed by atoms with Crippen molar-refractivity contribution in [1.29, 1.82) is 0 Å². The second-order valence-corrected chi connectivity index (χ2v) is 4.53. The minimum atomic E-state index is -5.23. The minimum absolute atomic E-state index is 0.136. The average molecular weight is 398 g/mol. The van der Waals surface area contributed by atoms with Crippen molar-refractivity contribution < 1.29 is 35.9 Å². The molecule has 0 spiro atoms. The molecule has 0 amide bonds. The van der Waals surface area contributed by atoms with E-state index in [1.807, 2.05) is 0 Å². The number of carbonyl (C=O) groups excluding carboxylic acids is 1. The fourth-order valence-corrected chi connectivity index (χ4v) is 2.29. The summed E-state index contributed by atoms with van der Waals surface area (Å²) in [6, 6.07) is 0.835. The molecule has 0 fully saturated rings. The summed E-state index contributed by atoms with van der Waals surface area (Å²) in [5.41, 5.74) is -4.31. The quantitative estimate of drug-likeness (QED) is 0.405. The zero-order valence-corrected chi connectivity index (χ0v) is 11.3. The molecule has 19 heavy (non-hydrogen) atoms. The van der Waals surface area contributed by atoms with Crippen molar-refractivity contribution in [3.8, 4) is 0 Å². The topological polar surface area (TPSA) is 26.3 Å². The van der Waals surface area contributed by atoms with Gasteiger partial charge in [0.25, 0.3) is 0 Å². The molecule has 0 saturated carbocycles. The first-order chi connectivity index (χ1) is 8.48. The molecule has 1 rings (SSSR count). The first-order valence-electron chi connectivity index (χ1n) is 4.54. The van der Waals surface area contributed by atoms with E-state index < -0.39 is 38.6 Å². The van der Waals surface area contributed by atoms with Crippen LogP contribution in [-0.4, -0.2) is 13.1 Å². The molecule has 0 aliphatic carbocycles. The van der Waals surface area contributed by atoms with Crippen LogP contribution in [0, 0.1) is 3.57 Å². The van der Waals surface area contributed by atoms with Gasteiger partial charge in [-0.2, -0.15) is 26.3 Å². The molecule has 0 aliphatic rings. The van der Waals surface area contributed by atoms with Crippen LogP contribution >= 0.6 is 22.6 Å². The van der Waals surface area contributed by atoms with Crippen molar-refractivity contribution in [3.05, 3.63) is 32.4 Å². The number of ether oxygens (including phenoxy) is 1. The third-order valence-corrected chi connectivity index (χ3v) is 2.95. The molecule has 9 heteroatoms. The maximum atomic E-state index is 12.7. The Morgan fingerprint density at radius 3 is 2.00 bits per heavy atom. The van der Waals surface area contributed by atoms with Gasteiger partial charge in [-0.05, 0) is 34.7 Å².